The van der Waals surface area contributed by atoms with Gasteiger partial charge in [0.2, 0.25) is 0 Å². The molecule has 0 radical (unpaired) electrons. The van der Waals surface area contributed by atoms with Gasteiger partial charge in [-0.05, 0) is 17.2 Å². The minimum absolute atomic E-state index is 0. The second-order valence-corrected chi connectivity index (χ2v) is 4.75. The van der Waals surface area contributed by atoms with Crippen molar-refractivity contribution in [3.05, 3.63) is 34.2 Å². The van der Waals surface area contributed by atoms with E-state index in [1.807, 2.05) is 0 Å². The van der Waals surface area contributed by atoms with Gasteiger partial charge in [0.15, 0.2) is 0 Å². The zero-order valence-corrected chi connectivity index (χ0v) is 13.5. The summed E-state index contributed by atoms with van der Waals surface area (Å²) in [5.74, 6) is -1.21. The second-order valence-electron chi connectivity index (χ2n) is 3.38. The van der Waals surface area contributed by atoms with Crippen molar-refractivity contribution in [2.75, 3.05) is 0 Å². The van der Waals surface area contributed by atoms with Crippen LogP contribution in [0, 0.1) is 0 Å². The Balaban J connectivity index is 0.00000324. The number of benzene rings is 1. The van der Waals surface area contributed by atoms with Gasteiger partial charge in [-0.3, -0.25) is 0 Å². The first-order valence-electron chi connectivity index (χ1n) is 4.43. The summed E-state index contributed by atoms with van der Waals surface area (Å²) in [7, 11) is -4.97. The minimum atomic E-state index is -5.41. The third kappa shape index (κ3) is 6.75. The van der Waals surface area contributed by atoms with Crippen LogP contribution in [0.3, 0.4) is 0 Å². The standard InChI is InChI=1S/C7H5BF4N3O2S.K/c9-8(10,11)6-1-5(4-18(12,16)17)2-7(3-6)14-15-13;/h1-3H,4H2;/q-1;+1. The normalized spacial score (nSPS) is 11.4. The van der Waals surface area contributed by atoms with Crippen LogP contribution in [0.5, 0.6) is 0 Å². The maximum absolute atomic E-state index is 12.5. The van der Waals surface area contributed by atoms with Gasteiger partial charge in [0, 0.05) is 10.6 Å². The van der Waals surface area contributed by atoms with Crippen LogP contribution in [0.15, 0.2) is 23.3 Å². The van der Waals surface area contributed by atoms with E-state index >= 15 is 0 Å². The van der Waals surface area contributed by atoms with E-state index in [1.165, 1.54) is 0 Å². The SMILES string of the molecule is [K+].[N-]=[N+]=Nc1cc(CS(=O)(=O)F)cc([B-](F)(F)F)c1. The van der Waals surface area contributed by atoms with Gasteiger partial charge < -0.3 is 12.9 Å². The molecule has 0 saturated carbocycles. The zero-order valence-electron chi connectivity index (χ0n) is 9.59. The van der Waals surface area contributed by atoms with E-state index in [0.29, 0.717) is 12.1 Å². The number of nitrogens with zero attached hydrogens (tertiary/aromatic N) is 3. The van der Waals surface area contributed by atoms with Gasteiger partial charge in [-0.1, -0.05) is 17.2 Å². The average molecular weight is 321 g/mol. The molecule has 98 valence electrons. The number of hydrogen-bond donors (Lipinski definition) is 0. The molecule has 12 heteroatoms. The van der Waals surface area contributed by atoms with Crippen LogP contribution in [0.2, 0.25) is 0 Å². The molecule has 0 unspecified atom stereocenters. The Morgan fingerprint density at radius 1 is 1.26 bits per heavy atom. The van der Waals surface area contributed by atoms with Crippen LogP contribution < -0.4 is 56.8 Å². The van der Waals surface area contributed by atoms with Crippen LogP contribution in [0.25, 0.3) is 10.4 Å². The van der Waals surface area contributed by atoms with Crippen molar-refractivity contribution in [2.24, 2.45) is 5.11 Å². The Hall–Kier alpha value is -0.0987. The van der Waals surface area contributed by atoms with Gasteiger partial charge in [0.1, 0.15) is 5.75 Å². The van der Waals surface area contributed by atoms with E-state index in [4.69, 9.17) is 5.53 Å². The molecular weight excluding hydrogens is 316 g/mol. The number of halogens is 4. The third-order valence-corrected chi connectivity index (χ3v) is 2.56. The molecule has 0 fully saturated rings. The largest absolute Gasteiger partial charge is 1.00 e. The number of rotatable bonds is 4. The summed E-state index contributed by atoms with van der Waals surface area (Å²) in [6, 6.07) is 1.95. The zero-order chi connectivity index (χ0) is 14.0. The molecule has 1 aromatic carbocycles. The quantitative estimate of drug-likeness (QED) is 0.187. The van der Waals surface area contributed by atoms with Crippen molar-refractivity contribution in [2.45, 2.75) is 5.75 Å². The molecule has 1 aromatic rings. The van der Waals surface area contributed by atoms with Gasteiger partial charge in [-0.25, -0.2) is 0 Å². The van der Waals surface area contributed by atoms with Crippen molar-refractivity contribution >= 4 is 28.4 Å². The minimum Gasteiger partial charge on any atom is -0.445 e. The van der Waals surface area contributed by atoms with Gasteiger partial charge in [-0.2, -0.15) is 8.42 Å². The Labute approximate surface area is 148 Å². The van der Waals surface area contributed by atoms with Crippen molar-refractivity contribution in [1.82, 2.24) is 0 Å². The van der Waals surface area contributed by atoms with E-state index in [2.05, 4.69) is 10.0 Å². The molecule has 5 nitrogen and oxygen atoms in total. The molecule has 0 aromatic heterocycles. The molecule has 0 atom stereocenters. The van der Waals surface area contributed by atoms with Gasteiger partial charge in [0.25, 0.3) is 0 Å². The van der Waals surface area contributed by atoms with Crippen LogP contribution in [0.1, 0.15) is 5.56 Å². The molecule has 0 N–H and O–H groups in total. The van der Waals surface area contributed by atoms with Crippen LogP contribution in [-0.4, -0.2) is 15.4 Å². The van der Waals surface area contributed by atoms with E-state index in [-0.39, 0.29) is 51.4 Å². The first kappa shape index (κ1) is 18.9. The van der Waals surface area contributed by atoms with Gasteiger partial charge in [-0.15, -0.1) is 9.35 Å². The maximum atomic E-state index is 12.5. The molecule has 0 spiro atoms. The summed E-state index contributed by atoms with van der Waals surface area (Å²) in [5, 5.41) is 2.94. The Bertz CT molecular complexity index is 615. The van der Waals surface area contributed by atoms with Crippen LogP contribution in [-0.2, 0) is 16.0 Å². The molecular formula is C7H5BF4KN3O2S. The number of hydrogen-bond acceptors (Lipinski definition) is 3. The Morgan fingerprint density at radius 2 is 1.84 bits per heavy atom. The van der Waals surface area contributed by atoms with Crippen LogP contribution in [0.4, 0.5) is 22.5 Å². The summed E-state index contributed by atoms with van der Waals surface area (Å²) in [5.41, 5.74) is 6.12. The Kier molecular flexibility index (Phi) is 7.03. The van der Waals surface area contributed by atoms with Crippen molar-refractivity contribution < 1.29 is 76.6 Å². The summed E-state index contributed by atoms with van der Waals surface area (Å²) < 4.78 is 70.7. The van der Waals surface area contributed by atoms with E-state index in [1.54, 1.807) is 0 Å². The summed E-state index contributed by atoms with van der Waals surface area (Å²) in [6.45, 7) is -5.41. The fourth-order valence-electron chi connectivity index (χ4n) is 1.28. The predicted molar refractivity (Wildman–Crippen MR) is 57.7 cm³/mol. The predicted octanol–water partition coefficient (Wildman–Crippen LogP) is -0.514. The molecule has 19 heavy (non-hydrogen) atoms. The van der Waals surface area contributed by atoms with Crippen molar-refractivity contribution in [1.29, 1.82) is 0 Å². The first-order valence-corrected chi connectivity index (χ1v) is 5.98. The smallest absolute Gasteiger partial charge is 0.445 e. The van der Waals surface area contributed by atoms with Crippen LogP contribution >= 0.6 is 0 Å². The van der Waals surface area contributed by atoms with Gasteiger partial charge in [0.05, 0.1) is 0 Å². The second kappa shape index (κ2) is 7.07. The third-order valence-electron chi connectivity index (χ3n) is 1.88. The molecule has 0 saturated heterocycles. The Morgan fingerprint density at radius 3 is 2.26 bits per heavy atom. The molecule has 0 bridgehead atoms. The molecule has 0 aliphatic carbocycles. The fraction of sp³-hybridized carbons (Fsp3) is 0.143. The summed E-state index contributed by atoms with van der Waals surface area (Å²) in [4.78, 5) is 2.29. The van der Waals surface area contributed by atoms with E-state index in [0.717, 1.165) is 6.07 Å². The maximum Gasteiger partial charge on any atom is 1.00 e. The molecule has 0 amide bonds. The summed E-state index contributed by atoms with van der Waals surface area (Å²) in [6.07, 6.45) is 0. The molecule has 0 aliphatic heterocycles. The topological polar surface area (TPSA) is 82.9 Å². The molecule has 0 aliphatic rings. The number of azide groups is 1. The average Bonchev–Trinajstić information content (AvgIpc) is 2.13. The fourth-order valence-corrected chi connectivity index (χ4v) is 1.85. The van der Waals surface area contributed by atoms with Crippen molar-refractivity contribution in [3.63, 3.8) is 0 Å². The summed E-state index contributed by atoms with van der Waals surface area (Å²) >= 11 is 0. The molecule has 0 heterocycles. The van der Waals surface area contributed by atoms with E-state index in [9.17, 15) is 25.3 Å². The first-order chi connectivity index (χ1) is 8.12. The molecule has 1 rings (SSSR count). The van der Waals surface area contributed by atoms with Gasteiger partial charge >= 0.3 is 68.6 Å². The van der Waals surface area contributed by atoms with E-state index < -0.39 is 39.7 Å². The monoisotopic (exact) mass is 321 g/mol. The van der Waals surface area contributed by atoms with Crippen molar-refractivity contribution in [3.8, 4) is 0 Å².